The smallest absolute Gasteiger partial charge is 0.208 e. The van der Waals surface area contributed by atoms with Crippen molar-refractivity contribution >= 4 is 33.1 Å². The van der Waals surface area contributed by atoms with Crippen LogP contribution in [0.4, 0.5) is 11.5 Å². The molecule has 1 aromatic rings. The summed E-state index contributed by atoms with van der Waals surface area (Å²) in [5, 5.41) is 3.34. The second-order valence-electron chi connectivity index (χ2n) is 3.52. The number of pyridine rings is 1. The highest BCUT2D eigenvalue weighted by atomic mass is 35.5. The van der Waals surface area contributed by atoms with Gasteiger partial charge in [-0.3, -0.25) is 0 Å². The summed E-state index contributed by atoms with van der Waals surface area (Å²) in [6, 6.07) is 3.26. The van der Waals surface area contributed by atoms with Gasteiger partial charge < -0.3 is 11.1 Å². The molecule has 1 aromatic heterocycles. The standard InChI is InChI=1S/C9H15ClN4O2S/c1-17(15,16)13-6-2-5-12-9-7(11)3-4-8(10)14-9/h3-4,13H,2,5-6,11H2,1H3,(H,12,14). The Bertz CT molecular complexity index is 478. The molecule has 0 aliphatic carbocycles. The van der Waals surface area contributed by atoms with Crippen LogP contribution >= 0.6 is 11.6 Å². The van der Waals surface area contributed by atoms with Gasteiger partial charge in [0, 0.05) is 13.1 Å². The van der Waals surface area contributed by atoms with Gasteiger partial charge in [0.05, 0.1) is 11.9 Å². The van der Waals surface area contributed by atoms with Crippen LogP contribution < -0.4 is 15.8 Å². The van der Waals surface area contributed by atoms with Crippen molar-refractivity contribution in [3.63, 3.8) is 0 Å². The number of nitrogens with zero attached hydrogens (tertiary/aromatic N) is 1. The Hall–Kier alpha value is -1.05. The highest BCUT2D eigenvalue weighted by Gasteiger charge is 2.02. The Labute approximate surface area is 106 Å². The van der Waals surface area contributed by atoms with E-state index in [-0.39, 0.29) is 0 Å². The molecule has 1 heterocycles. The van der Waals surface area contributed by atoms with E-state index in [4.69, 9.17) is 17.3 Å². The van der Waals surface area contributed by atoms with Gasteiger partial charge in [-0.1, -0.05) is 11.6 Å². The van der Waals surface area contributed by atoms with E-state index in [2.05, 4.69) is 15.0 Å². The summed E-state index contributed by atoms with van der Waals surface area (Å²) in [5.41, 5.74) is 6.18. The third-order valence-corrected chi connectivity index (χ3v) is 2.84. The van der Waals surface area contributed by atoms with Crippen molar-refractivity contribution in [3.05, 3.63) is 17.3 Å². The van der Waals surface area contributed by atoms with Crippen molar-refractivity contribution in [2.75, 3.05) is 30.4 Å². The van der Waals surface area contributed by atoms with E-state index in [1.807, 2.05) is 0 Å². The first-order chi connectivity index (χ1) is 7.88. The summed E-state index contributed by atoms with van der Waals surface area (Å²) in [4.78, 5) is 4.01. The molecule has 4 N–H and O–H groups in total. The average molecular weight is 279 g/mol. The van der Waals surface area contributed by atoms with E-state index < -0.39 is 10.0 Å². The first kappa shape index (κ1) is 14.0. The molecule has 0 aliphatic heterocycles. The second kappa shape index (κ2) is 6.04. The number of halogens is 1. The first-order valence-corrected chi connectivity index (χ1v) is 7.26. The maximum atomic E-state index is 10.8. The van der Waals surface area contributed by atoms with Gasteiger partial charge in [0.1, 0.15) is 5.15 Å². The molecule has 0 spiro atoms. The lowest BCUT2D eigenvalue weighted by molar-refractivity contribution is 0.586. The summed E-state index contributed by atoms with van der Waals surface area (Å²) in [5.74, 6) is 0.511. The number of rotatable bonds is 6. The zero-order valence-corrected chi connectivity index (χ0v) is 11.0. The van der Waals surface area contributed by atoms with Crippen LogP contribution in [0.25, 0.3) is 0 Å². The van der Waals surface area contributed by atoms with Crippen molar-refractivity contribution in [1.82, 2.24) is 9.71 Å². The highest BCUT2D eigenvalue weighted by molar-refractivity contribution is 7.88. The molecule has 0 aliphatic rings. The Kier molecular flexibility index (Phi) is 4.98. The summed E-state index contributed by atoms with van der Waals surface area (Å²) >= 11 is 5.72. The third-order valence-electron chi connectivity index (χ3n) is 1.90. The molecule has 1 rings (SSSR count). The molecular weight excluding hydrogens is 264 g/mol. The lowest BCUT2D eigenvalue weighted by Crippen LogP contribution is -2.24. The molecule has 0 atom stereocenters. The van der Waals surface area contributed by atoms with Gasteiger partial charge in [-0.15, -0.1) is 0 Å². The summed E-state index contributed by atoms with van der Waals surface area (Å²) in [6.07, 6.45) is 1.75. The van der Waals surface area contributed by atoms with Crippen LogP contribution in [0.1, 0.15) is 6.42 Å². The van der Waals surface area contributed by atoms with Crippen molar-refractivity contribution in [1.29, 1.82) is 0 Å². The van der Waals surface area contributed by atoms with Crippen molar-refractivity contribution in [2.24, 2.45) is 0 Å². The van der Waals surface area contributed by atoms with Crippen molar-refractivity contribution in [3.8, 4) is 0 Å². The van der Waals surface area contributed by atoms with Gasteiger partial charge in [-0.2, -0.15) is 0 Å². The largest absolute Gasteiger partial charge is 0.396 e. The number of sulfonamides is 1. The Balaban J connectivity index is 2.34. The van der Waals surface area contributed by atoms with E-state index in [1.54, 1.807) is 12.1 Å². The number of hydrogen-bond donors (Lipinski definition) is 3. The summed E-state index contributed by atoms with van der Waals surface area (Å²) in [7, 11) is -3.12. The minimum atomic E-state index is -3.12. The average Bonchev–Trinajstić information content (AvgIpc) is 2.21. The molecule has 0 amide bonds. The maximum absolute atomic E-state index is 10.8. The van der Waals surface area contributed by atoms with Crippen LogP contribution in [-0.2, 0) is 10.0 Å². The zero-order chi connectivity index (χ0) is 12.9. The Morgan fingerprint density at radius 3 is 2.76 bits per heavy atom. The number of anilines is 2. The van der Waals surface area contributed by atoms with Gasteiger partial charge in [0.2, 0.25) is 10.0 Å². The number of nitrogens with two attached hydrogens (primary N) is 1. The van der Waals surface area contributed by atoms with Crippen molar-refractivity contribution in [2.45, 2.75) is 6.42 Å². The molecule has 0 bridgehead atoms. The van der Waals surface area contributed by atoms with E-state index in [1.165, 1.54) is 0 Å². The van der Waals surface area contributed by atoms with E-state index >= 15 is 0 Å². The fourth-order valence-electron chi connectivity index (χ4n) is 1.14. The zero-order valence-electron chi connectivity index (χ0n) is 9.40. The summed E-state index contributed by atoms with van der Waals surface area (Å²) in [6.45, 7) is 0.923. The number of nitrogens with one attached hydrogen (secondary N) is 2. The van der Waals surface area contributed by atoms with Crippen LogP contribution in [-0.4, -0.2) is 32.7 Å². The lowest BCUT2D eigenvalue weighted by atomic mass is 10.3. The van der Waals surface area contributed by atoms with Gasteiger partial charge in [-0.05, 0) is 18.6 Å². The van der Waals surface area contributed by atoms with Gasteiger partial charge >= 0.3 is 0 Å². The quantitative estimate of drug-likeness (QED) is 0.525. The predicted molar refractivity (Wildman–Crippen MR) is 69.6 cm³/mol. The third kappa shape index (κ3) is 5.71. The maximum Gasteiger partial charge on any atom is 0.208 e. The van der Waals surface area contributed by atoms with E-state index in [9.17, 15) is 8.42 Å². The van der Waals surface area contributed by atoms with Crippen LogP contribution in [0, 0.1) is 0 Å². The molecule has 0 saturated heterocycles. The summed E-state index contributed by atoms with van der Waals surface area (Å²) < 4.78 is 24.0. The molecule has 0 saturated carbocycles. The van der Waals surface area contributed by atoms with Gasteiger partial charge in [-0.25, -0.2) is 18.1 Å². The molecule has 17 heavy (non-hydrogen) atoms. The fourth-order valence-corrected chi connectivity index (χ4v) is 1.80. The number of hydrogen-bond acceptors (Lipinski definition) is 5. The fraction of sp³-hybridized carbons (Fsp3) is 0.444. The molecule has 8 heteroatoms. The molecular formula is C9H15ClN4O2S. The van der Waals surface area contributed by atoms with E-state index in [0.717, 1.165) is 6.26 Å². The van der Waals surface area contributed by atoms with Crippen LogP contribution in [0.15, 0.2) is 12.1 Å². The topological polar surface area (TPSA) is 97.1 Å². The van der Waals surface area contributed by atoms with Crippen LogP contribution in [0.3, 0.4) is 0 Å². The number of nitrogen functional groups attached to an aromatic ring is 1. The number of aromatic nitrogens is 1. The minimum absolute atomic E-state index is 0.357. The highest BCUT2D eigenvalue weighted by Crippen LogP contribution is 2.17. The SMILES string of the molecule is CS(=O)(=O)NCCCNc1nc(Cl)ccc1N. The first-order valence-electron chi connectivity index (χ1n) is 4.99. The second-order valence-corrected chi connectivity index (χ2v) is 5.74. The molecule has 96 valence electrons. The predicted octanol–water partition coefficient (Wildman–Crippen LogP) is 0.668. The van der Waals surface area contributed by atoms with Crippen LogP contribution in [0.2, 0.25) is 5.15 Å². The Morgan fingerprint density at radius 2 is 2.12 bits per heavy atom. The molecule has 0 radical (unpaired) electrons. The van der Waals surface area contributed by atoms with E-state index in [0.29, 0.717) is 36.2 Å². The minimum Gasteiger partial charge on any atom is -0.396 e. The van der Waals surface area contributed by atoms with Gasteiger partial charge in [0.15, 0.2) is 5.82 Å². The Morgan fingerprint density at radius 1 is 1.41 bits per heavy atom. The molecule has 0 fully saturated rings. The van der Waals surface area contributed by atoms with Gasteiger partial charge in [0.25, 0.3) is 0 Å². The normalized spacial score (nSPS) is 11.4. The molecule has 6 nitrogen and oxygen atoms in total. The molecule has 0 aromatic carbocycles. The monoisotopic (exact) mass is 278 g/mol. The molecule has 0 unspecified atom stereocenters. The van der Waals surface area contributed by atoms with Crippen LogP contribution in [0.5, 0.6) is 0 Å². The van der Waals surface area contributed by atoms with Crippen molar-refractivity contribution < 1.29 is 8.42 Å². The lowest BCUT2D eigenvalue weighted by Gasteiger charge is -2.08.